The van der Waals surface area contributed by atoms with Crippen LogP contribution in [0.3, 0.4) is 0 Å². The van der Waals surface area contributed by atoms with Crippen molar-refractivity contribution in [1.29, 1.82) is 0 Å². The largest absolute Gasteiger partial charge is 0.457 e. The zero-order chi connectivity index (χ0) is 23.2. The molecule has 1 aliphatic rings. The lowest BCUT2D eigenvalue weighted by molar-refractivity contribution is -0.384. The number of carbonyl (C=O) groups excluding carboxylic acids is 1. The second-order valence-corrected chi connectivity index (χ2v) is 8.16. The number of furan rings is 1. The smallest absolute Gasteiger partial charge is 0.270 e. The molecule has 0 aliphatic carbocycles. The van der Waals surface area contributed by atoms with E-state index >= 15 is 0 Å². The maximum Gasteiger partial charge on any atom is 0.270 e. The molecule has 0 spiro atoms. The number of methoxy groups -OCH3 is 1. The minimum atomic E-state index is -0.449. The van der Waals surface area contributed by atoms with Gasteiger partial charge in [-0.25, -0.2) is 4.99 Å². The maximum atomic E-state index is 13.1. The van der Waals surface area contributed by atoms with Crippen LogP contribution in [0.5, 0.6) is 0 Å². The monoisotopic (exact) mass is 463 g/mol. The molecule has 2 heterocycles. The van der Waals surface area contributed by atoms with E-state index in [0.717, 1.165) is 5.69 Å². The van der Waals surface area contributed by atoms with Gasteiger partial charge in [-0.15, -0.1) is 0 Å². The molecule has 1 amide bonds. The Morgan fingerprint density at radius 1 is 1.15 bits per heavy atom. The molecule has 168 valence electrons. The second-order valence-electron chi connectivity index (χ2n) is 7.15. The van der Waals surface area contributed by atoms with Gasteiger partial charge in [0, 0.05) is 44.0 Å². The van der Waals surface area contributed by atoms with E-state index < -0.39 is 4.92 Å². The number of rotatable bonds is 8. The Kier molecular flexibility index (Phi) is 7.01. The molecule has 33 heavy (non-hydrogen) atoms. The van der Waals surface area contributed by atoms with Crippen molar-refractivity contribution in [3.05, 3.63) is 87.5 Å². The maximum absolute atomic E-state index is 13.1. The van der Waals surface area contributed by atoms with Crippen LogP contribution >= 0.6 is 11.8 Å². The highest BCUT2D eigenvalue weighted by atomic mass is 32.2. The molecule has 0 bridgehead atoms. The number of nitrogens with zero attached hydrogens (tertiary/aromatic N) is 3. The number of aliphatic imine (C=N–C) groups is 1. The van der Waals surface area contributed by atoms with Crippen molar-refractivity contribution in [2.24, 2.45) is 4.99 Å². The van der Waals surface area contributed by atoms with E-state index in [4.69, 9.17) is 9.15 Å². The summed E-state index contributed by atoms with van der Waals surface area (Å²) in [5.41, 5.74) is 1.34. The number of nitro groups is 1. The zero-order valence-corrected chi connectivity index (χ0v) is 18.7. The first-order valence-electron chi connectivity index (χ1n) is 10.2. The third-order valence-electron chi connectivity index (χ3n) is 4.84. The molecule has 0 N–H and O–H groups in total. The predicted molar refractivity (Wildman–Crippen MR) is 128 cm³/mol. The molecule has 0 atom stereocenters. The van der Waals surface area contributed by atoms with E-state index in [9.17, 15) is 14.9 Å². The Morgan fingerprint density at radius 3 is 2.73 bits per heavy atom. The summed E-state index contributed by atoms with van der Waals surface area (Å²) in [6, 6.07) is 19.1. The van der Waals surface area contributed by atoms with E-state index in [1.165, 1.54) is 23.9 Å². The standard InChI is InChI=1S/C24H21N3O5S/c1-31-14-6-13-26-23(28)22(33-24(26)25-18-8-3-2-4-9-18)16-20-11-12-21(32-20)17-7-5-10-19(15-17)27(29)30/h2-5,7-12,15-16H,6,13-14H2,1H3/b22-16-,25-24?. The average molecular weight is 464 g/mol. The molecule has 2 aromatic carbocycles. The number of ether oxygens (including phenoxy) is 1. The summed E-state index contributed by atoms with van der Waals surface area (Å²) in [4.78, 5) is 30.5. The Bertz CT molecular complexity index is 1220. The highest BCUT2D eigenvalue weighted by Crippen LogP contribution is 2.35. The molecule has 8 nitrogen and oxygen atoms in total. The van der Waals surface area contributed by atoms with Gasteiger partial charge in [0.05, 0.1) is 15.5 Å². The van der Waals surface area contributed by atoms with Crippen molar-refractivity contribution in [2.45, 2.75) is 6.42 Å². The van der Waals surface area contributed by atoms with Gasteiger partial charge in [0.1, 0.15) is 11.5 Å². The topological polar surface area (TPSA) is 98.2 Å². The lowest BCUT2D eigenvalue weighted by Gasteiger charge is -2.15. The molecular weight excluding hydrogens is 442 g/mol. The molecule has 0 radical (unpaired) electrons. The number of hydrogen-bond donors (Lipinski definition) is 0. The summed E-state index contributed by atoms with van der Waals surface area (Å²) in [7, 11) is 1.63. The highest BCUT2D eigenvalue weighted by molar-refractivity contribution is 8.18. The van der Waals surface area contributed by atoms with Gasteiger partial charge in [-0.1, -0.05) is 30.3 Å². The Morgan fingerprint density at radius 2 is 1.97 bits per heavy atom. The summed E-state index contributed by atoms with van der Waals surface area (Å²) in [6.07, 6.45) is 2.35. The van der Waals surface area contributed by atoms with Crippen molar-refractivity contribution in [3.8, 4) is 11.3 Å². The van der Waals surface area contributed by atoms with Crippen LogP contribution in [0.2, 0.25) is 0 Å². The number of para-hydroxylation sites is 1. The summed E-state index contributed by atoms with van der Waals surface area (Å²) >= 11 is 1.28. The minimum Gasteiger partial charge on any atom is -0.457 e. The number of benzene rings is 2. The van der Waals surface area contributed by atoms with Crippen LogP contribution in [-0.2, 0) is 9.53 Å². The number of hydrogen-bond acceptors (Lipinski definition) is 7. The third kappa shape index (κ3) is 5.39. The quantitative estimate of drug-likeness (QED) is 0.189. The fourth-order valence-corrected chi connectivity index (χ4v) is 4.26. The summed E-state index contributed by atoms with van der Waals surface area (Å²) in [5.74, 6) is 0.806. The van der Waals surface area contributed by atoms with E-state index in [0.29, 0.717) is 46.7 Å². The lowest BCUT2D eigenvalue weighted by Crippen LogP contribution is -2.30. The fraction of sp³-hybridized carbons (Fsp3) is 0.167. The van der Waals surface area contributed by atoms with Crippen LogP contribution in [0.1, 0.15) is 12.2 Å². The number of carbonyl (C=O) groups is 1. The van der Waals surface area contributed by atoms with E-state index in [1.54, 1.807) is 42.4 Å². The molecule has 0 unspecified atom stereocenters. The van der Waals surface area contributed by atoms with Crippen molar-refractivity contribution in [3.63, 3.8) is 0 Å². The predicted octanol–water partition coefficient (Wildman–Crippen LogP) is 5.50. The van der Waals surface area contributed by atoms with Gasteiger partial charge in [-0.3, -0.25) is 19.8 Å². The normalized spacial score (nSPS) is 16.2. The molecule has 1 saturated heterocycles. The van der Waals surface area contributed by atoms with Crippen molar-refractivity contribution < 1.29 is 18.9 Å². The first-order valence-corrected chi connectivity index (χ1v) is 11.1. The molecule has 1 aromatic heterocycles. The fourth-order valence-electron chi connectivity index (χ4n) is 3.26. The minimum absolute atomic E-state index is 0.0150. The Hall–Kier alpha value is -3.69. The van der Waals surface area contributed by atoms with Crippen molar-refractivity contribution in [2.75, 3.05) is 20.3 Å². The SMILES string of the molecule is COCCCN1C(=O)/C(=C/c2ccc(-c3cccc([N+](=O)[O-])c3)o2)SC1=Nc1ccccc1. The molecule has 1 fully saturated rings. The first kappa shape index (κ1) is 22.5. The molecule has 3 aromatic rings. The molecular formula is C24H21N3O5S. The number of amidine groups is 1. The van der Waals surface area contributed by atoms with Gasteiger partial charge >= 0.3 is 0 Å². The van der Waals surface area contributed by atoms with Gasteiger partial charge in [0.15, 0.2) is 5.17 Å². The molecule has 0 saturated carbocycles. The van der Waals surface area contributed by atoms with Crippen LogP contribution in [0.4, 0.5) is 11.4 Å². The average Bonchev–Trinajstić information content (AvgIpc) is 3.40. The third-order valence-corrected chi connectivity index (χ3v) is 5.85. The van der Waals surface area contributed by atoms with Crippen LogP contribution in [-0.4, -0.2) is 41.2 Å². The zero-order valence-electron chi connectivity index (χ0n) is 17.8. The van der Waals surface area contributed by atoms with E-state index in [2.05, 4.69) is 4.99 Å². The number of nitro benzene ring substituents is 1. The lowest BCUT2D eigenvalue weighted by atomic mass is 10.1. The first-order chi connectivity index (χ1) is 16.0. The van der Waals surface area contributed by atoms with Gasteiger partial charge in [0.25, 0.3) is 11.6 Å². The summed E-state index contributed by atoms with van der Waals surface area (Å²) < 4.78 is 11.0. The molecule has 9 heteroatoms. The van der Waals surface area contributed by atoms with Crippen LogP contribution in [0.15, 0.2) is 81.0 Å². The number of non-ortho nitro benzene ring substituents is 1. The van der Waals surface area contributed by atoms with Crippen LogP contribution in [0, 0.1) is 10.1 Å². The van der Waals surface area contributed by atoms with E-state index in [1.807, 2.05) is 30.3 Å². The van der Waals surface area contributed by atoms with E-state index in [-0.39, 0.29) is 11.6 Å². The number of amides is 1. The molecule has 1 aliphatic heterocycles. The molecule has 4 rings (SSSR count). The van der Waals surface area contributed by atoms with Gasteiger partial charge in [-0.05, 0) is 42.4 Å². The summed E-state index contributed by atoms with van der Waals surface area (Å²) in [5, 5.41) is 11.6. The second kappa shape index (κ2) is 10.3. The van der Waals surface area contributed by atoms with Crippen LogP contribution < -0.4 is 0 Å². The number of thioether (sulfide) groups is 1. The van der Waals surface area contributed by atoms with Crippen molar-refractivity contribution >= 4 is 40.3 Å². The van der Waals surface area contributed by atoms with Gasteiger partial charge in [-0.2, -0.15) is 0 Å². The van der Waals surface area contributed by atoms with Gasteiger partial charge in [0.2, 0.25) is 0 Å². The summed E-state index contributed by atoms with van der Waals surface area (Å²) in [6.45, 7) is 1.02. The van der Waals surface area contributed by atoms with Crippen LogP contribution in [0.25, 0.3) is 17.4 Å². The van der Waals surface area contributed by atoms with Gasteiger partial charge < -0.3 is 9.15 Å². The highest BCUT2D eigenvalue weighted by Gasteiger charge is 2.33. The Balaban J connectivity index is 1.60. The Labute approximate surface area is 194 Å². The van der Waals surface area contributed by atoms with Crippen molar-refractivity contribution in [1.82, 2.24) is 4.90 Å².